The van der Waals surface area contributed by atoms with Crippen LogP contribution in [0.5, 0.6) is 5.75 Å². The van der Waals surface area contributed by atoms with Gasteiger partial charge in [0.05, 0.1) is 11.1 Å². The summed E-state index contributed by atoms with van der Waals surface area (Å²) in [6.07, 6.45) is 1.32. The van der Waals surface area contributed by atoms with E-state index in [1.807, 2.05) is 18.2 Å². The number of aromatic hydroxyl groups is 1. The highest BCUT2D eigenvalue weighted by Gasteiger charge is 2.11. The van der Waals surface area contributed by atoms with Crippen LogP contribution in [0, 0.1) is 0 Å². The Hall–Kier alpha value is -2.88. The van der Waals surface area contributed by atoms with E-state index in [-0.39, 0.29) is 11.3 Å². The van der Waals surface area contributed by atoms with Crippen LogP contribution in [-0.2, 0) is 0 Å². The molecule has 0 aliphatic heterocycles. The van der Waals surface area contributed by atoms with Crippen molar-refractivity contribution in [3.63, 3.8) is 0 Å². The van der Waals surface area contributed by atoms with Crippen molar-refractivity contribution in [3.05, 3.63) is 70.6 Å². The van der Waals surface area contributed by atoms with Crippen LogP contribution in [0.25, 0.3) is 11.0 Å². The van der Waals surface area contributed by atoms with Gasteiger partial charge in [-0.1, -0.05) is 30.3 Å². The van der Waals surface area contributed by atoms with Crippen molar-refractivity contribution in [2.75, 3.05) is 0 Å². The van der Waals surface area contributed by atoms with Gasteiger partial charge in [0.1, 0.15) is 16.9 Å². The van der Waals surface area contributed by atoms with Crippen molar-refractivity contribution in [1.82, 2.24) is 0 Å². The van der Waals surface area contributed by atoms with Gasteiger partial charge in [-0.2, -0.15) is 0 Å². The van der Waals surface area contributed by atoms with Gasteiger partial charge in [-0.25, -0.2) is 4.79 Å². The highest BCUT2D eigenvalue weighted by molar-refractivity contribution is 5.94. The lowest BCUT2D eigenvalue weighted by atomic mass is 10.1. The van der Waals surface area contributed by atoms with Crippen molar-refractivity contribution in [1.29, 1.82) is 0 Å². The van der Waals surface area contributed by atoms with Crippen LogP contribution in [0.4, 0.5) is 5.69 Å². The third kappa shape index (κ3) is 2.19. The molecule has 0 spiro atoms. The van der Waals surface area contributed by atoms with Crippen LogP contribution in [0.3, 0.4) is 0 Å². The Bertz CT molecular complexity index is 835. The zero-order chi connectivity index (χ0) is 13.9. The lowest BCUT2D eigenvalue weighted by Crippen LogP contribution is -2.06. The maximum atomic E-state index is 11.9. The van der Waals surface area contributed by atoms with E-state index in [0.29, 0.717) is 16.7 Å². The number of benzene rings is 2. The Balaban J connectivity index is 2.12. The highest BCUT2D eigenvalue weighted by atomic mass is 16.4. The minimum atomic E-state index is -0.610. The standard InChI is InChI=1S/C16H11NO3/c18-15-12-8-4-5-9-14(12)20-16(19)13(15)10-17-11-6-2-1-3-7-11/h1-10,18H. The molecule has 3 rings (SSSR count). The molecule has 1 N–H and O–H groups in total. The number of aliphatic imine (C=N–C) groups is 1. The van der Waals surface area contributed by atoms with Gasteiger partial charge >= 0.3 is 5.63 Å². The third-order valence-corrected chi connectivity index (χ3v) is 2.92. The molecule has 0 radical (unpaired) electrons. The summed E-state index contributed by atoms with van der Waals surface area (Å²) in [7, 11) is 0. The van der Waals surface area contributed by atoms with Crippen LogP contribution in [0.1, 0.15) is 5.56 Å². The quantitative estimate of drug-likeness (QED) is 0.571. The van der Waals surface area contributed by atoms with Crippen molar-refractivity contribution >= 4 is 22.9 Å². The second-order valence-electron chi connectivity index (χ2n) is 4.24. The molecular formula is C16H11NO3. The van der Waals surface area contributed by atoms with E-state index < -0.39 is 5.63 Å². The maximum Gasteiger partial charge on any atom is 0.348 e. The zero-order valence-corrected chi connectivity index (χ0v) is 10.5. The summed E-state index contributed by atoms with van der Waals surface area (Å²) in [6.45, 7) is 0. The van der Waals surface area contributed by atoms with Gasteiger partial charge in [-0.15, -0.1) is 0 Å². The number of hydrogen-bond donors (Lipinski definition) is 1. The molecule has 0 atom stereocenters. The molecule has 1 aromatic heterocycles. The van der Waals surface area contributed by atoms with E-state index in [1.54, 1.807) is 36.4 Å². The second-order valence-corrected chi connectivity index (χ2v) is 4.24. The van der Waals surface area contributed by atoms with Crippen LogP contribution < -0.4 is 5.63 Å². The number of para-hydroxylation sites is 2. The van der Waals surface area contributed by atoms with Crippen molar-refractivity contribution in [3.8, 4) is 5.75 Å². The topological polar surface area (TPSA) is 62.8 Å². The highest BCUT2D eigenvalue weighted by Crippen LogP contribution is 2.25. The third-order valence-electron chi connectivity index (χ3n) is 2.92. The summed E-state index contributed by atoms with van der Waals surface area (Å²) in [6, 6.07) is 16.0. The first-order valence-corrected chi connectivity index (χ1v) is 6.09. The Morgan fingerprint density at radius 1 is 1.00 bits per heavy atom. The minimum Gasteiger partial charge on any atom is -0.506 e. The molecule has 4 nitrogen and oxygen atoms in total. The first kappa shape index (κ1) is 12.2. The Kier molecular flexibility index (Phi) is 3.05. The smallest absolute Gasteiger partial charge is 0.348 e. The summed E-state index contributed by atoms with van der Waals surface area (Å²) in [4.78, 5) is 16.0. The van der Waals surface area contributed by atoms with E-state index in [4.69, 9.17) is 4.42 Å². The SMILES string of the molecule is O=c1oc2ccccc2c(O)c1C=Nc1ccccc1. The van der Waals surface area contributed by atoms with Gasteiger partial charge in [0.2, 0.25) is 0 Å². The van der Waals surface area contributed by atoms with Gasteiger partial charge in [0.15, 0.2) is 0 Å². The molecule has 0 aliphatic carbocycles. The van der Waals surface area contributed by atoms with E-state index in [0.717, 1.165) is 0 Å². The summed E-state index contributed by atoms with van der Waals surface area (Å²) in [5.41, 5.74) is 0.486. The molecule has 1 heterocycles. The average molecular weight is 265 g/mol. The number of nitrogens with zero attached hydrogens (tertiary/aromatic N) is 1. The molecule has 3 aromatic rings. The second kappa shape index (κ2) is 5.01. The Morgan fingerprint density at radius 3 is 2.50 bits per heavy atom. The average Bonchev–Trinajstić information content (AvgIpc) is 2.48. The molecule has 0 saturated carbocycles. The van der Waals surface area contributed by atoms with Crippen LogP contribution in [0.2, 0.25) is 0 Å². The lowest BCUT2D eigenvalue weighted by Gasteiger charge is -2.02. The normalized spacial score (nSPS) is 11.2. The number of rotatable bonds is 2. The van der Waals surface area contributed by atoms with Crippen LogP contribution in [-0.4, -0.2) is 11.3 Å². The zero-order valence-electron chi connectivity index (χ0n) is 10.5. The molecule has 0 aliphatic rings. The molecule has 0 bridgehead atoms. The largest absolute Gasteiger partial charge is 0.506 e. The molecule has 2 aromatic carbocycles. The summed E-state index contributed by atoms with van der Waals surface area (Å²) >= 11 is 0. The van der Waals surface area contributed by atoms with Gasteiger partial charge in [0, 0.05) is 6.21 Å². The van der Waals surface area contributed by atoms with Crippen molar-refractivity contribution < 1.29 is 9.52 Å². The first-order valence-electron chi connectivity index (χ1n) is 6.09. The summed E-state index contributed by atoms with van der Waals surface area (Å²) in [5, 5.41) is 10.6. The fourth-order valence-electron chi connectivity index (χ4n) is 1.91. The number of hydrogen-bond acceptors (Lipinski definition) is 4. The lowest BCUT2D eigenvalue weighted by molar-refractivity contribution is 0.466. The van der Waals surface area contributed by atoms with Gasteiger partial charge in [-0.05, 0) is 24.3 Å². The van der Waals surface area contributed by atoms with Crippen LogP contribution in [0.15, 0.2) is 68.8 Å². The number of fused-ring (bicyclic) bond motifs is 1. The summed E-state index contributed by atoms with van der Waals surface area (Å²) < 4.78 is 5.16. The van der Waals surface area contributed by atoms with Crippen molar-refractivity contribution in [2.24, 2.45) is 4.99 Å². The fourth-order valence-corrected chi connectivity index (χ4v) is 1.91. The monoisotopic (exact) mass is 265 g/mol. The van der Waals surface area contributed by atoms with Gasteiger partial charge in [0.25, 0.3) is 0 Å². The Morgan fingerprint density at radius 2 is 1.70 bits per heavy atom. The molecule has 0 unspecified atom stereocenters. The molecule has 0 fully saturated rings. The predicted molar refractivity (Wildman–Crippen MR) is 77.8 cm³/mol. The van der Waals surface area contributed by atoms with E-state index in [9.17, 15) is 9.90 Å². The molecule has 4 heteroatoms. The van der Waals surface area contributed by atoms with E-state index in [1.165, 1.54) is 6.21 Å². The van der Waals surface area contributed by atoms with E-state index >= 15 is 0 Å². The van der Waals surface area contributed by atoms with Crippen LogP contribution >= 0.6 is 0 Å². The molecule has 20 heavy (non-hydrogen) atoms. The molecule has 0 amide bonds. The first-order chi connectivity index (χ1) is 9.75. The fraction of sp³-hybridized carbons (Fsp3) is 0. The van der Waals surface area contributed by atoms with Crippen molar-refractivity contribution in [2.45, 2.75) is 0 Å². The van der Waals surface area contributed by atoms with Gasteiger partial charge < -0.3 is 9.52 Å². The molecule has 0 saturated heterocycles. The summed E-state index contributed by atoms with van der Waals surface area (Å²) in [5.74, 6) is -0.114. The van der Waals surface area contributed by atoms with E-state index in [2.05, 4.69) is 4.99 Å². The molecular weight excluding hydrogens is 254 g/mol. The predicted octanol–water partition coefficient (Wildman–Crippen LogP) is 3.25. The molecule has 98 valence electrons. The van der Waals surface area contributed by atoms with Gasteiger partial charge in [-0.3, -0.25) is 4.99 Å². The minimum absolute atomic E-state index is 0.0487. The Labute approximate surface area is 114 Å². The maximum absolute atomic E-state index is 11.9.